The van der Waals surface area contributed by atoms with E-state index in [-0.39, 0.29) is 6.10 Å². The Bertz CT molecular complexity index is 281. The second-order valence-corrected chi connectivity index (χ2v) is 5.51. The first kappa shape index (κ1) is 9.16. The van der Waals surface area contributed by atoms with Gasteiger partial charge in [0.2, 0.25) is 0 Å². The summed E-state index contributed by atoms with van der Waals surface area (Å²) in [4.78, 5) is 5.19. The Balaban J connectivity index is 1.90. The molecular weight excluding hydrogens is 182 g/mol. The molecule has 3 heteroatoms. The normalized spacial score (nSPS) is 27.2. The van der Waals surface area contributed by atoms with Crippen molar-refractivity contribution in [3.63, 3.8) is 0 Å². The molecular formula is C10H15NOS. The van der Waals surface area contributed by atoms with Gasteiger partial charge >= 0.3 is 0 Å². The van der Waals surface area contributed by atoms with Gasteiger partial charge in [-0.2, -0.15) is 0 Å². The third-order valence-corrected chi connectivity index (χ3v) is 3.75. The van der Waals surface area contributed by atoms with Crippen LogP contribution in [0.5, 0.6) is 0 Å². The van der Waals surface area contributed by atoms with Crippen LogP contribution in [0.4, 0.5) is 0 Å². The number of thiazole rings is 1. The molecule has 1 aromatic rings. The SMILES string of the molecule is CC1(C)CC1C(O)Cc1cncs1. The van der Waals surface area contributed by atoms with Gasteiger partial charge in [-0.15, -0.1) is 11.3 Å². The zero-order valence-corrected chi connectivity index (χ0v) is 8.84. The average molecular weight is 197 g/mol. The second-order valence-electron chi connectivity index (χ2n) is 4.54. The van der Waals surface area contributed by atoms with Crippen molar-refractivity contribution in [1.82, 2.24) is 4.98 Å². The molecule has 2 atom stereocenters. The number of nitrogens with zero attached hydrogens (tertiary/aromatic N) is 1. The highest BCUT2D eigenvalue weighted by Gasteiger charge is 2.49. The van der Waals surface area contributed by atoms with E-state index < -0.39 is 0 Å². The van der Waals surface area contributed by atoms with Crippen LogP contribution < -0.4 is 0 Å². The van der Waals surface area contributed by atoms with Crippen molar-refractivity contribution in [2.75, 3.05) is 0 Å². The lowest BCUT2D eigenvalue weighted by Gasteiger charge is -2.10. The van der Waals surface area contributed by atoms with Crippen LogP contribution in [0, 0.1) is 11.3 Å². The fourth-order valence-corrected chi connectivity index (χ4v) is 2.50. The Hall–Kier alpha value is -0.410. The van der Waals surface area contributed by atoms with Crippen LogP contribution in [0.3, 0.4) is 0 Å². The van der Waals surface area contributed by atoms with Crippen LogP contribution in [0.15, 0.2) is 11.7 Å². The van der Waals surface area contributed by atoms with E-state index in [1.54, 1.807) is 11.3 Å². The molecule has 1 aromatic heterocycles. The van der Waals surface area contributed by atoms with Crippen molar-refractivity contribution in [1.29, 1.82) is 0 Å². The minimum atomic E-state index is -0.171. The maximum absolute atomic E-state index is 9.88. The van der Waals surface area contributed by atoms with E-state index in [1.165, 1.54) is 4.88 Å². The van der Waals surface area contributed by atoms with Gasteiger partial charge < -0.3 is 5.11 Å². The number of aromatic nitrogens is 1. The quantitative estimate of drug-likeness (QED) is 0.805. The molecule has 2 nitrogen and oxygen atoms in total. The van der Waals surface area contributed by atoms with E-state index in [2.05, 4.69) is 18.8 Å². The van der Waals surface area contributed by atoms with E-state index in [4.69, 9.17) is 0 Å². The summed E-state index contributed by atoms with van der Waals surface area (Å²) < 4.78 is 0. The highest BCUT2D eigenvalue weighted by Crippen LogP contribution is 2.54. The third-order valence-electron chi connectivity index (χ3n) is 2.95. The van der Waals surface area contributed by atoms with Crippen LogP contribution in [0.2, 0.25) is 0 Å². The molecule has 0 spiro atoms. The van der Waals surface area contributed by atoms with E-state index in [9.17, 15) is 5.11 Å². The molecule has 1 saturated carbocycles. The number of hydrogen-bond donors (Lipinski definition) is 1. The molecule has 1 aliphatic carbocycles. The van der Waals surface area contributed by atoms with Gasteiger partial charge in [-0.05, 0) is 17.8 Å². The first-order chi connectivity index (χ1) is 6.09. The van der Waals surface area contributed by atoms with Gasteiger partial charge in [0.25, 0.3) is 0 Å². The first-order valence-electron chi connectivity index (χ1n) is 4.65. The summed E-state index contributed by atoms with van der Waals surface area (Å²) in [7, 11) is 0. The Labute approximate surface area is 82.6 Å². The van der Waals surface area contributed by atoms with Gasteiger partial charge in [0, 0.05) is 17.5 Å². The third kappa shape index (κ3) is 1.92. The van der Waals surface area contributed by atoms with Gasteiger partial charge in [0.1, 0.15) is 0 Å². The predicted molar refractivity (Wildman–Crippen MR) is 53.7 cm³/mol. The van der Waals surface area contributed by atoms with Gasteiger partial charge in [-0.25, -0.2) is 0 Å². The number of aliphatic hydroxyl groups is 1. The van der Waals surface area contributed by atoms with Crippen LogP contribution in [-0.2, 0) is 6.42 Å². The maximum Gasteiger partial charge on any atom is 0.0794 e. The lowest BCUT2D eigenvalue weighted by atomic mass is 10.0. The van der Waals surface area contributed by atoms with Crippen LogP contribution in [0.25, 0.3) is 0 Å². The van der Waals surface area contributed by atoms with Crippen molar-refractivity contribution in [2.45, 2.75) is 32.8 Å². The molecule has 0 bridgehead atoms. The summed E-state index contributed by atoms with van der Waals surface area (Å²) in [5.74, 6) is 0.495. The summed E-state index contributed by atoms with van der Waals surface area (Å²) in [5, 5.41) is 9.88. The van der Waals surface area contributed by atoms with Gasteiger partial charge in [0.05, 0.1) is 11.6 Å². The average Bonchev–Trinajstić information content (AvgIpc) is 2.49. The highest BCUT2D eigenvalue weighted by molar-refractivity contribution is 7.09. The molecule has 1 N–H and O–H groups in total. The molecule has 0 amide bonds. The number of hydrogen-bond acceptors (Lipinski definition) is 3. The fraction of sp³-hybridized carbons (Fsp3) is 0.700. The largest absolute Gasteiger partial charge is 0.392 e. The topological polar surface area (TPSA) is 33.1 Å². The monoisotopic (exact) mass is 197 g/mol. The second kappa shape index (κ2) is 3.07. The van der Waals surface area contributed by atoms with E-state index in [1.807, 2.05) is 11.7 Å². The molecule has 1 fully saturated rings. The van der Waals surface area contributed by atoms with Gasteiger partial charge in [-0.3, -0.25) is 4.98 Å². The maximum atomic E-state index is 9.88. The van der Waals surface area contributed by atoms with Gasteiger partial charge in [0.15, 0.2) is 0 Å². The number of aliphatic hydroxyl groups excluding tert-OH is 1. The molecule has 0 aliphatic heterocycles. The molecule has 0 saturated heterocycles. The number of rotatable bonds is 3. The van der Waals surface area contributed by atoms with Crippen molar-refractivity contribution in [2.24, 2.45) is 11.3 Å². The van der Waals surface area contributed by atoms with Crippen molar-refractivity contribution < 1.29 is 5.11 Å². The zero-order chi connectivity index (χ0) is 9.47. The summed E-state index contributed by atoms with van der Waals surface area (Å²) in [6.07, 6.45) is 3.62. The first-order valence-corrected chi connectivity index (χ1v) is 5.53. The molecule has 0 aromatic carbocycles. The molecule has 72 valence electrons. The standard InChI is InChI=1S/C10H15NOS/c1-10(2)4-8(10)9(12)3-7-5-11-6-13-7/h5-6,8-9,12H,3-4H2,1-2H3. The Kier molecular flexibility index (Phi) is 2.16. The Morgan fingerprint density at radius 3 is 2.92 bits per heavy atom. The van der Waals surface area contributed by atoms with Gasteiger partial charge in [-0.1, -0.05) is 13.8 Å². The summed E-state index contributed by atoms with van der Waals surface area (Å²) in [6.45, 7) is 4.43. The van der Waals surface area contributed by atoms with Crippen molar-refractivity contribution in [3.05, 3.63) is 16.6 Å². The minimum Gasteiger partial charge on any atom is -0.392 e. The Morgan fingerprint density at radius 2 is 2.46 bits per heavy atom. The van der Waals surface area contributed by atoms with E-state index >= 15 is 0 Å². The minimum absolute atomic E-state index is 0.171. The Morgan fingerprint density at radius 1 is 1.77 bits per heavy atom. The highest BCUT2D eigenvalue weighted by atomic mass is 32.1. The molecule has 2 unspecified atom stereocenters. The van der Waals surface area contributed by atoms with E-state index in [0.717, 1.165) is 12.8 Å². The molecule has 0 radical (unpaired) electrons. The summed E-state index contributed by atoms with van der Waals surface area (Å²) in [6, 6.07) is 0. The van der Waals surface area contributed by atoms with Crippen molar-refractivity contribution >= 4 is 11.3 Å². The molecule has 1 heterocycles. The lowest BCUT2D eigenvalue weighted by Crippen LogP contribution is -2.15. The van der Waals surface area contributed by atoms with Crippen LogP contribution in [0.1, 0.15) is 25.1 Å². The summed E-state index contributed by atoms with van der Waals surface area (Å²) >= 11 is 1.63. The molecule has 1 aliphatic rings. The zero-order valence-electron chi connectivity index (χ0n) is 8.03. The lowest BCUT2D eigenvalue weighted by molar-refractivity contribution is 0.137. The molecule has 2 rings (SSSR count). The smallest absolute Gasteiger partial charge is 0.0794 e. The van der Waals surface area contributed by atoms with Crippen LogP contribution >= 0.6 is 11.3 Å². The molecule has 13 heavy (non-hydrogen) atoms. The summed E-state index contributed by atoms with van der Waals surface area (Å²) in [5.41, 5.74) is 2.18. The van der Waals surface area contributed by atoms with Crippen molar-refractivity contribution in [3.8, 4) is 0 Å². The van der Waals surface area contributed by atoms with Crippen LogP contribution in [-0.4, -0.2) is 16.2 Å². The predicted octanol–water partition coefficient (Wildman–Crippen LogP) is 2.09. The fourth-order valence-electron chi connectivity index (χ4n) is 1.86. The van der Waals surface area contributed by atoms with E-state index in [0.29, 0.717) is 11.3 Å².